The van der Waals surface area contributed by atoms with Gasteiger partial charge >= 0.3 is 5.65 Å². The molecule has 2 heterocycles. The zero-order chi connectivity index (χ0) is 14.8. The summed E-state index contributed by atoms with van der Waals surface area (Å²) in [6.07, 6.45) is 1.94. The van der Waals surface area contributed by atoms with E-state index in [0.717, 1.165) is 5.52 Å². The standard InChI is InChI=1S/C14H14ClN5O/c1-19-9-20(8-10-6-4-3-5-7-10)11-12(18-21-2)16-14(15)17-13(11)19/h3-7,9H,8H2,1-2H3. The van der Waals surface area contributed by atoms with Crippen molar-refractivity contribution in [2.45, 2.75) is 6.54 Å². The summed E-state index contributed by atoms with van der Waals surface area (Å²) in [6.45, 7) is 0.690. The van der Waals surface area contributed by atoms with E-state index in [4.69, 9.17) is 16.4 Å². The van der Waals surface area contributed by atoms with Gasteiger partial charge in [0, 0.05) is 12.9 Å². The minimum atomic E-state index is 0.145. The van der Waals surface area contributed by atoms with E-state index in [9.17, 15) is 0 Å². The molecular formula is C14H14ClN5O. The smallest absolute Gasteiger partial charge is 0.302 e. The minimum Gasteiger partial charge on any atom is -0.390 e. The van der Waals surface area contributed by atoms with Crippen molar-refractivity contribution in [2.75, 3.05) is 7.11 Å². The van der Waals surface area contributed by atoms with Gasteiger partial charge in [0.05, 0.1) is 13.6 Å². The van der Waals surface area contributed by atoms with Crippen LogP contribution in [0, 0.1) is 0 Å². The van der Waals surface area contributed by atoms with Crippen molar-refractivity contribution in [2.24, 2.45) is 7.05 Å². The molecule has 0 aliphatic carbocycles. The van der Waals surface area contributed by atoms with Crippen LogP contribution in [0.25, 0.3) is 16.6 Å². The molecule has 0 amide bonds. The second-order valence-corrected chi connectivity index (χ2v) is 4.94. The number of imidazole rings is 1. The highest BCUT2D eigenvalue weighted by Crippen LogP contribution is 2.27. The molecular weight excluding hydrogens is 290 g/mol. The first-order valence-corrected chi connectivity index (χ1v) is 6.77. The fourth-order valence-electron chi connectivity index (χ4n) is 2.28. The third-order valence-corrected chi connectivity index (χ3v) is 3.30. The molecule has 108 valence electrons. The summed E-state index contributed by atoms with van der Waals surface area (Å²) in [7, 11) is 3.38. The first-order valence-electron chi connectivity index (χ1n) is 6.39. The Morgan fingerprint density at radius 3 is 2.76 bits per heavy atom. The summed E-state index contributed by atoms with van der Waals surface area (Å²) in [4.78, 5) is 13.3. The van der Waals surface area contributed by atoms with Crippen molar-refractivity contribution in [1.29, 1.82) is 0 Å². The summed E-state index contributed by atoms with van der Waals surface area (Å²) in [5, 5.41) is 0.145. The number of hydrogen-bond acceptors (Lipinski definition) is 3. The minimum absolute atomic E-state index is 0.145. The fourth-order valence-corrected chi connectivity index (χ4v) is 2.44. The predicted octanol–water partition coefficient (Wildman–Crippen LogP) is 2.52. The lowest BCUT2D eigenvalue weighted by Gasteiger charge is -2.12. The lowest BCUT2D eigenvalue weighted by atomic mass is 10.2. The molecule has 3 aromatic rings. The third-order valence-electron chi connectivity index (χ3n) is 3.13. The van der Waals surface area contributed by atoms with Gasteiger partial charge in [-0.1, -0.05) is 35.3 Å². The van der Waals surface area contributed by atoms with Crippen LogP contribution in [-0.2, 0) is 18.4 Å². The summed E-state index contributed by atoms with van der Waals surface area (Å²) in [5.41, 5.74) is 6.61. The summed E-state index contributed by atoms with van der Waals surface area (Å²) >= 11 is 5.94. The molecule has 0 unspecified atom stereocenters. The van der Waals surface area contributed by atoms with Gasteiger partial charge in [0.1, 0.15) is 0 Å². The van der Waals surface area contributed by atoms with Crippen molar-refractivity contribution in [3.63, 3.8) is 0 Å². The van der Waals surface area contributed by atoms with E-state index in [1.165, 1.54) is 12.7 Å². The van der Waals surface area contributed by atoms with Gasteiger partial charge in [-0.25, -0.2) is 4.57 Å². The van der Waals surface area contributed by atoms with Gasteiger partial charge in [-0.05, 0) is 17.2 Å². The molecule has 0 fully saturated rings. The lowest BCUT2D eigenvalue weighted by molar-refractivity contribution is -0.647. The Morgan fingerprint density at radius 2 is 2.05 bits per heavy atom. The van der Waals surface area contributed by atoms with Crippen LogP contribution < -0.4 is 4.57 Å². The fraction of sp³-hybridized carbons (Fsp3) is 0.214. The average Bonchev–Trinajstić information content (AvgIpc) is 2.77. The van der Waals surface area contributed by atoms with Crippen molar-refractivity contribution in [3.05, 3.63) is 53.0 Å². The third kappa shape index (κ3) is 2.68. The Bertz CT molecular complexity index is 772. The SMILES string of the molecule is CO[N-]c1nc(Cl)nc2c1n(Cc1ccccc1)c[n+]2C. The molecule has 0 atom stereocenters. The van der Waals surface area contributed by atoms with E-state index >= 15 is 0 Å². The zero-order valence-electron chi connectivity index (χ0n) is 11.7. The van der Waals surface area contributed by atoms with Crippen LogP contribution in [0.2, 0.25) is 5.28 Å². The van der Waals surface area contributed by atoms with Crippen LogP contribution in [-0.4, -0.2) is 21.6 Å². The Morgan fingerprint density at radius 1 is 1.29 bits per heavy atom. The second-order valence-electron chi connectivity index (χ2n) is 4.60. The molecule has 0 spiro atoms. The van der Waals surface area contributed by atoms with Gasteiger partial charge in [-0.15, -0.1) is 0 Å². The van der Waals surface area contributed by atoms with Crippen molar-refractivity contribution in [1.82, 2.24) is 14.5 Å². The highest BCUT2D eigenvalue weighted by atomic mass is 35.5. The molecule has 0 aliphatic heterocycles. The van der Waals surface area contributed by atoms with E-state index in [1.54, 1.807) is 0 Å². The number of rotatable bonds is 4. The van der Waals surface area contributed by atoms with Gasteiger partial charge in [0.25, 0.3) is 0 Å². The number of nitrogens with zero attached hydrogens (tertiary/aromatic N) is 5. The monoisotopic (exact) mass is 303 g/mol. The Labute approximate surface area is 126 Å². The normalized spacial score (nSPS) is 11.0. The second kappa shape index (κ2) is 5.67. The maximum Gasteiger partial charge on any atom is 0.302 e. The number of fused-ring (bicyclic) bond motifs is 1. The quantitative estimate of drug-likeness (QED) is 0.423. The first-order chi connectivity index (χ1) is 10.2. The van der Waals surface area contributed by atoms with Crippen molar-refractivity contribution in [3.8, 4) is 0 Å². The molecule has 6 nitrogen and oxygen atoms in total. The molecule has 21 heavy (non-hydrogen) atoms. The topological polar surface area (TPSA) is 57.9 Å². The molecule has 3 rings (SSSR count). The van der Waals surface area contributed by atoms with Gasteiger partial charge in [-0.3, -0.25) is 4.57 Å². The molecule has 0 saturated heterocycles. The largest absolute Gasteiger partial charge is 0.390 e. The van der Waals surface area contributed by atoms with Gasteiger partial charge in [-0.2, -0.15) is 0 Å². The Hall–Kier alpha value is -2.18. The van der Waals surface area contributed by atoms with Gasteiger partial charge in [0.2, 0.25) is 0 Å². The number of aromatic nitrogens is 4. The molecule has 0 N–H and O–H groups in total. The number of halogens is 1. The molecule has 0 radical (unpaired) electrons. The van der Waals surface area contributed by atoms with Gasteiger partial charge in [0.15, 0.2) is 17.1 Å². The highest BCUT2D eigenvalue weighted by Gasteiger charge is 2.17. The summed E-state index contributed by atoms with van der Waals surface area (Å²) < 4.78 is 3.92. The van der Waals surface area contributed by atoms with Crippen LogP contribution in [0.3, 0.4) is 0 Å². The van der Waals surface area contributed by atoms with E-state index in [1.807, 2.05) is 40.7 Å². The highest BCUT2D eigenvalue weighted by molar-refractivity contribution is 6.28. The molecule has 0 aliphatic rings. The van der Waals surface area contributed by atoms with E-state index < -0.39 is 0 Å². The lowest BCUT2D eigenvalue weighted by Crippen LogP contribution is -2.26. The average molecular weight is 304 g/mol. The molecule has 2 aromatic heterocycles. The Balaban J connectivity index is 2.14. The summed E-state index contributed by atoms with van der Waals surface area (Å²) in [6, 6.07) is 10.1. The maximum absolute atomic E-state index is 5.94. The van der Waals surface area contributed by atoms with Crippen LogP contribution in [0.15, 0.2) is 36.7 Å². The summed E-state index contributed by atoms with van der Waals surface area (Å²) in [5.74, 6) is 0.420. The molecule has 0 bridgehead atoms. The zero-order valence-corrected chi connectivity index (χ0v) is 12.4. The van der Waals surface area contributed by atoms with E-state index in [-0.39, 0.29) is 5.28 Å². The van der Waals surface area contributed by atoms with Crippen molar-refractivity contribution < 1.29 is 9.40 Å². The Kier molecular flexibility index (Phi) is 3.72. The van der Waals surface area contributed by atoms with Crippen LogP contribution >= 0.6 is 11.6 Å². The number of hydrogen-bond donors (Lipinski definition) is 0. The van der Waals surface area contributed by atoms with E-state index in [0.29, 0.717) is 18.0 Å². The predicted molar refractivity (Wildman–Crippen MR) is 79.3 cm³/mol. The molecule has 0 saturated carbocycles. The number of aryl methyl sites for hydroxylation is 1. The molecule has 7 heteroatoms. The van der Waals surface area contributed by atoms with Gasteiger partial charge < -0.3 is 15.3 Å². The number of benzene rings is 1. The maximum atomic E-state index is 5.94. The van der Waals surface area contributed by atoms with Crippen LogP contribution in [0.4, 0.5) is 5.82 Å². The van der Waals surface area contributed by atoms with E-state index in [2.05, 4.69) is 27.6 Å². The molecule has 1 aromatic carbocycles. The van der Waals surface area contributed by atoms with Crippen LogP contribution in [0.5, 0.6) is 0 Å². The van der Waals surface area contributed by atoms with Crippen molar-refractivity contribution >= 4 is 28.6 Å². The van der Waals surface area contributed by atoms with Crippen LogP contribution in [0.1, 0.15) is 5.56 Å². The first kappa shape index (κ1) is 13.8.